The summed E-state index contributed by atoms with van der Waals surface area (Å²) in [5, 5.41) is 9.56. The van der Waals surface area contributed by atoms with Crippen LogP contribution in [0.5, 0.6) is 17.4 Å². The van der Waals surface area contributed by atoms with E-state index in [0.29, 0.717) is 17.1 Å². The molecule has 0 atom stereocenters. The second-order valence-corrected chi connectivity index (χ2v) is 4.41. The summed E-state index contributed by atoms with van der Waals surface area (Å²) < 4.78 is 10.3. The van der Waals surface area contributed by atoms with Crippen LogP contribution in [0.3, 0.4) is 0 Å². The summed E-state index contributed by atoms with van der Waals surface area (Å²) in [6.45, 7) is 0. The third-order valence-electron chi connectivity index (χ3n) is 2.51. The van der Waals surface area contributed by atoms with Crippen LogP contribution < -0.4 is 15.0 Å². The van der Waals surface area contributed by atoms with Gasteiger partial charge < -0.3 is 19.6 Å². The van der Waals surface area contributed by atoms with Crippen molar-refractivity contribution in [2.45, 2.75) is 0 Å². The van der Waals surface area contributed by atoms with Gasteiger partial charge in [0.1, 0.15) is 21.8 Å². The maximum absolute atomic E-state index is 11.6. The number of hydrogen-bond donors (Lipinski definition) is 2. The molecule has 0 unspecified atom stereocenters. The van der Waals surface area contributed by atoms with E-state index in [1.165, 1.54) is 7.11 Å². The molecule has 2 rings (SSSR count). The number of methoxy groups -OCH3 is 2. The van der Waals surface area contributed by atoms with Crippen LogP contribution in [0.25, 0.3) is 11.4 Å². The summed E-state index contributed by atoms with van der Waals surface area (Å²) in [5.74, 6) is 0.926. The Kier molecular flexibility index (Phi) is 3.75. The lowest BCUT2D eigenvalue weighted by Gasteiger charge is -2.10. The second kappa shape index (κ2) is 5.31. The molecular formula is C12H11BrN2O4. The number of halogens is 1. The van der Waals surface area contributed by atoms with Crippen molar-refractivity contribution in [1.29, 1.82) is 0 Å². The number of aromatic nitrogens is 2. The van der Waals surface area contributed by atoms with Crippen LogP contribution in [0.4, 0.5) is 0 Å². The van der Waals surface area contributed by atoms with E-state index in [-0.39, 0.29) is 16.2 Å². The molecule has 0 fully saturated rings. The number of rotatable bonds is 3. The van der Waals surface area contributed by atoms with Crippen molar-refractivity contribution >= 4 is 15.9 Å². The average Bonchev–Trinajstić information content (AvgIpc) is 2.43. The van der Waals surface area contributed by atoms with E-state index in [4.69, 9.17) is 9.47 Å². The third-order valence-corrected chi connectivity index (χ3v) is 3.22. The Morgan fingerprint density at radius 1 is 1.32 bits per heavy atom. The molecule has 0 aliphatic heterocycles. The Hall–Kier alpha value is -2.02. The molecule has 0 aliphatic rings. The van der Waals surface area contributed by atoms with Crippen LogP contribution in [-0.4, -0.2) is 29.3 Å². The lowest BCUT2D eigenvalue weighted by molar-refractivity contribution is 0.395. The summed E-state index contributed by atoms with van der Waals surface area (Å²) in [6.07, 6.45) is 0. The maximum atomic E-state index is 11.6. The molecule has 0 spiro atoms. The summed E-state index contributed by atoms with van der Waals surface area (Å²) in [7, 11) is 3.04. The second-order valence-electron chi connectivity index (χ2n) is 3.62. The van der Waals surface area contributed by atoms with Crippen LogP contribution in [0.2, 0.25) is 0 Å². The van der Waals surface area contributed by atoms with Crippen LogP contribution in [0, 0.1) is 0 Å². The van der Waals surface area contributed by atoms with Gasteiger partial charge in [-0.15, -0.1) is 0 Å². The zero-order chi connectivity index (χ0) is 14.0. The normalized spacial score (nSPS) is 10.3. The highest BCUT2D eigenvalue weighted by Crippen LogP contribution is 2.32. The molecule has 0 aliphatic carbocycles. The van der Waals surface area contributed by atoms with Gasteiger partial charge in [-0.05, 0) is 28.1 Å². The molecule has 1 heterocycles. The molecule has 2 aromatic rings. The van der Waals surface area contributed by atoms with E-state index in [2.05, 4.69) is 25.9 Å². The fraction of sp³-hybridized carbons (Fsp3) is 0.167. The number of ether oxygens (including phenoxy) is 2. The van der Waals surface area contributed by atoms with E-state index < -0.39 is 5.56 Å². The molecule has 0 amide bonds. The molecule has 0 radical (unpaired) electrons. The highest BCUT2D eigenvalue weighted by molar-refractivity contribution is 9.10. The maximum Gasteiger partial charge on any atom is 0.269 e. The first-order chi connectivity index (χ1) is 9.06. The first-order valence-electron chi connectivity index (χ1n) is 5.28. The number of nitrogens with one attached hydrogen (secondary N) is 1. The molecule has 1 aromatic carbocycles. The summed E-state index contributed by atoms with van der Waals surface area (Å²) in [5.41, 5.74) is 0.0728. The minimum absolute atomic E-state index is 0.0104. The zero-order valence-electron chi connectivity index (χ0n) is 10.2. The molecule has 0 saturated carbocycles. The van der Waals surface area contributed by atoms with Gasteiger partial charge in [-0.3, -0.25) is 4.79 Å². The van der Waals surface area contributed by atoms with Gasteiger partial charge in [0.05, 0.1) is 19.8 Å². The number of benzene rings is 1. The van der Waals surface area contributed by atoms with E-state index in [9.17, 15) is 9.90 Å². The zero-order valence-corrected chi connectivity index (χ0v) is 11.8. The van der Waals surface area contributed by atoms with Crippen molar-refractivity contribution in [1.82, 2.24) is 9.97 Å². The third kappa shape index (κ3) is 2.55. The van der Waals surface area contributed by atoms with Crippen molar-refractivity contribution in [2.24, 2.45) is 0 Å². The van der Waals surface area contributed by atoms with E-state index in [1.54, 1.807) is 25.3 Å². The Balaban J connectivity index is 2.62. The van der Waals surface area contributed by atoms with E-state index in [1.807, 2.05) is 0 Å². The predicted octanol–water partition coefficient (Wildman–Crippen LogP) is 1.92. The Labute approximate surface area is 117 Å². The molecule has 1 aromatic heterocycles. The van der Waals surface area contributed by atoms with Gasteiger partial charge in [0.2, 0.25) is 5.88 Å². The van der Waals surface area contributed by atoms with Gasteiger partial charge in [-0.1, -0.05) is 0 Å². The highest BCUT2D eigenvalue weighted by atomic mass is 79.9. The Morgan fingerprint density at radius 3 is 2.63 bits per heavy atom. The van der Waals surface area contributed by atoms with Crippen molar-refractivity contribution in [3.05, 3.63) is 33.0 Å². The molecule has 19 heavy (non-hydrogen) atoms. The molecule has 0 bridgehead atoms. The van der Waals surface area contributed by atoms with Gasteiger partial charge in [-0.2, -0.15) is 4.98 Å². The van der Waals surface area contributed by atoms with Gasteiger partial charge in [0.15, 0.2) is 0 Å². The minimum Gasteiger partial charge on any atom is -0.497 e. The predicted molar refractivity (Wildman–Crippen MR) is 72.8 cm³/mol. The fourth-order valence-corrected chi connectivity index (χ4v) is 1.76. The van der Waals surface area contributed by atoms with Crippen LogP contribution in [-0.2, 0) is 0 Å². The molecule has 0 saturated heterocycles. The number of nitrogens with zero attached hydrogens (tertiary/aromatic N) is 1. The monoisotopic (exact) mass is 326 g/mol. The van der Waals surface area contributed by atoms with Crippen molar-refractivity contribution < 1.29 is 14.6 Å². The lowest BCUT2D eigenvalue weighted by Crippen LogP contribution is -2.10. The summed E-state index contributed by atoms with van der Waals surface area (Å²) in [6, 6.07) is 5.05. The lowest BCUT2D eigenvalue weighted by atomic mass is 10.1. The Bertz CT molecular complexity index is 669. The van der Waals surface area contributed by atoms with Crippen LogP contribution in [0.15, 0.2) is 27.5 Å². The highest BCUT2D eigenvalue weighted by Gasteiger charge is 2.13. The standard InChI is InChI=1S/C12H11BrN2O4/c1-18-6-3-4-7(8(5-6)19-2)10-14-11(16)9(13)12(17)15-10/h3-5H,1-2H3,(H2,14,15,16,17). The average molecular weight is 327 g/mol. The van der Waals surface area contributed by atoms with Crippen molar-refractivity contribution in [2.75, 3.05) is 14.2 Å². The Morgan fingerprint density at radius 2 is 2.05 bits per heavy atom. The van der Waals surface area contributed by atoms with Gasteiger partial charge in [0, 0.05) is 6.07 Å². The van der Waals surface area contributed by atoms with Crippen molar-refractivity contribution in [3.63, 3.8) is 0 Å². The largest absolute Gasteiger partial charge is 0.497 e. The summed E-state index contributed by atoms with van der Waals surface area (Å²) in [4.78, 5) is 18.0. The first-order valence-corrected chi connectivity index (χ1v) is 6.07. The number of hydrogen-bond acceptors (Lipinski definition) is 5. The first kappa shape index (κ1) is 13.4. The topological polar surface area (TPSA) is 84.4 Å². The minimum atomic E-state index is -0.472. The molecule has 7 heteroatoms. The molecular weight excluding hydrogens is 316 g/mol. The number of aromatic amines is 1. The quantitative estimate of drug-likeness (QED) is 0.900. The molecule has 6 nitrogen and oxygen atoms in total. The molecule has 2 N–H and O–H groups in total. The fourth-order valence-electron chi connectivity index (χ4n) is 1.57. The summed E-state index contributed by atoms with van der Waals surface area (Å²) >= 11 is 2.94. The van der Waals surface area contributed by atoms with Gasteiger partial charge in [-0.25, -0.2) is 0 Å². The van der Waals surface area contributed by atoms with E-state index >= 15 is 0 Å². The smallest absolute Gasteiger partial charge is 0.269 e. The van der Waals surface area contributed by atoms with Gasteiger partial charge >= 0.3 is 0 Å². The number of H-pyrrole nitrogens is 1. The van der Waals surface area contributed by atoms with Crippen LogP contribution in [0.1, 0.15) is 0 Å². The number of aromatic hydroxyl groups is 1. The van der Waals surface area contributed by atoms with Gasteiger partial charge in [0.25, 0.3) is 5.56 Å². The van der Waals surface area contributed by atoms with E-state index in [0.717, 1.165) is 0 Å². The molecule has 100 valence electrons. The SMILES string of the molecule is COc1ccc(-c2nc(O)c(Br)c(=O)[nH]2)c(OC)c1. The van der Waals surface area contributed by atoms with Crippen molar-refractivity contribution in [3.8, 4) is 28.8 Å². The van der Waals surface area contributed by atoms with Crippen LogP contribution >= 0.6 is 15.9 Å².